The van der Waals surface area contributed by atoms with Crippen molar-refractivity contribution in [2.45, 2.75) is 12.8 Å². The Balaban J connectivity index is 1.85. The van der Waals surface area contributed by atoms with E-state index in [0.717, 1.165) is 0 Å². The summed E-state index contributed by atoms with van der Waals surface area (Å²) >= 11 is 7.00. The number of thiophene rings is 1. The van der Waals surface area contributed by atoms with Crippen LogP contribution in [-0.4, -0.2) is 18.8 Å². The van der Waals surface area contributed by atoms with Crippen LogP contribution in [0.25, 0.3) is 0 Å². The van der Waals surface area contributed by atoms with E-state index in [1.54, 1.807) is 43.5 Å². The summed E-state index contributed by atoms with van der Waals surface area (Å²) < 4.78 is 5.65. The van der Waals surface area contributed by atoms with E-state index in [-0.39, 0.29) is 24.5 Å². The summed E-state index contributed by atoms with van der Waals surface area (Å²) in [7, 11) is 1.56. The summed E-state index contributed by atoms with van der Waals surface area (Å²) in [4.78, 5) is 24.3. The third-order valence-electron chi connectivity index (χ3n) is 2.78. The fourth-order valence-electron chi connectivity index (χ4n) is 1.74. The molecule has 1 aromatic heterocycles. The van der Waals surface area contributed by atoms with Crippen molar-refractivity contribution in [3.05, 3.63) is 45.6 Å². The normalized spacial score (nSPS) is 10.2. The van der Waals surface area contributed by atoms with Crippen LogP contribution in [0.1, 0.15) is 22.5 Å². The van der Waals surface area contributed by atoms with Gasteiger partial charge in [-0.1, -0.05) is 17.7 Å². The molecule has 6 heteroatoms. The maximum absolute atomic E-state index is 11.9. The molecule has 0 aliphatic carbocycles. The van der Waals surface area contributed by atoms with E-state index in [1.807, 2.05) is 0 Å². The molecule has 0 saturated heterocycles. The molecule has 21 heavy (non-hydrogen) atoms. The van der Waals surface area contributed by atoms with Crippen molar-refractivity contribution in [1.29, 1.82) is 0 Å². The number of halogens is 1. The second-order valence-electron chi connectivity index (χ2n) is 4.31. The lowest BCUT2D eigenvalue weighted by molar-refractivity contribution is -0.116. The van der Waals surface area contributed by atoms with Gasteiger partial charge in [-0.3, -0.25) is 9.59 Å². The number of hydrogen-bond acceptors (Lipinski definition) is 4. The molecule has 1 aromatic carbocycles. The second kappa shape index (κ2) is 7.24. The first-order chi connectivity index (χ1) is 10.1. The number of carbonyl (C=O) groups excluding carboxylic acids is 2. The zero-order valence-corrected chi connectivity index (χ0v) is 13.0. The SMILES string of the molecule is COc1cccc(NC(=O)CCC(=O)c2ccc(Cl)s2)c1. The molecule has 0 radical (unpaired) electrons. The molecule has 0 atom stereocenters. The lowest BCUT2D eigenvalue weighted by atomic mass is 10.2. The van der Waals surface area contributed by atoms with Gasteiger partial charge in [0.25, 0.3) is 0 Å². The topological polar surface area (TPSA) is 55.4 Å². The predicted octanol–water partition coefficient (Wildman–Crippen LogP) is 4.01. The van der Waals surface area contributed by atoms with E-state index in [4.69, 9.17) is 16.3 Å². The molecule has 0 aliphatic heterocycles. The Morgan fingerprint density at radius 1 is 1.24 bits per heavy atom. The highest BCUT2D eigenvalue weighted by Gasteiger charge is 2.11. The highest BCUT2D eigenvalue weighted by atomic mass is 35.5. The van der Waals surface area contributed by atoms with Gasteiger partial charge in [0.15, 0.2) is 5.78 Å². The number of Topliss-reactive ketones (excluding diaryl/α,β-unsaturated/α-hetero) is 1. The first-order valence-electron chi connectivity index (χ1n) is 6.31. The lowest BCUT2D eigenvalue weighted by Gasteiger charge is -2.06. The van der Waals surface area contributed by atoms with Crippen LogP contribution < -0.4 is 10.1 Å². The van der Waals surface area contributed by atoms with Gasteiger partial charge < -0.3 is 10.1 Å². The maximum atomic E-state index is 11.9. The standard InChI is InChI=1S/C15H14ClNO3S/c1-20-11-4-2-3-10(9-11)17-15(19)8-5-12(18)13-6-7-14(16)21-13/h2-4,6-7,9H,5,8H2,1H3,(H,17,19). The van der Waals surface area contributed by atoms with Crippen molar-refractivity contribution in [2.75, 3.05) is 12.4 Å². The average molecular weight is 324 g/mol. The molecule has 0 unspecified atom stereocenters. The molecule has 0 bridgehead atoms. The number of ether oxygens (including phenoxy) is 1. The summed E-state index contributed by atoms with van der Waals surface area (Å²) in [5, 5.41) is 2.73. The Labute approximate surface area is 131 Å². The number of amides is 1. The van der Waals surface area contributed by atoms with E-state index in [2.05, 4.69) is 5.32 Å². The molecule has 0 aliphatic rings. The van der Waals surface area contributed by atoms with Crippen LogP contribution in [0, 0.1) is 0 Å². The Kier molecular flexibility index (Phi) is 5.36. The van der Waals surface area contributed by atoms with Crippen LogP contribution in [0.4, 0.5) is 5.69 Å². The van der Waals surface area contributed by atoms with Crippen LogP contribution >= 0.6 is 22.9 Å². The minimum absolute atomic E-state index is 0.0762. The van der Waals surface area contributed by atoms with E-state index >= 15 is 0 Å². The minimum Gasteiger partial charge on any atom is -0.497 e. The van der Waals surface area contributed by atoms with E-state index in [0.29, 0.717) is 20.7 Å². The number of methoxy groups -OCH3 is 1. The third-order valence-corrected chi connectivity index (χ3v) is 4.05. The highest BCUT2D eigenvalue weighted by Crippen LogP contribution is 2.23. The molecular formula is C15H14ClNO3S. The predicted molar refractivity (Wildman–Crippen MR) is 84.5 cm³/mol. The molecule has 0 fully saturated rings. The summed E-state index contributed by atoms with van der Waals surface area (Å²) in [6.45, 7) is 0. The fourth-order valence-corrected chi connectivity index (χ4v) is 2.75. The summed E-state index contributed by atoms with van der Waals surface area (Å²) in [5.74, 6) is 0.379. The average Bonchev–Trinajstić information content (AvgIpc) is 2.91. The van der Waals surface area contributed by atoms with Crippen molar-refractivity contribution >= 4 is 40.3 Å². The Morgan fingerprint density at radius 3 is 2.71 bits per heavy atom. The minimum atomic E-state index is -0.209. The van der Waals surface area contributed by atoms with Crippen LogP contribution in [0.2, 0.25) is 4.34 Å². The largest absolute Gasteiger partial charge is 0.497 e. The van der Waals surface area contributed by atoms with Crippen LogP contribution in [0.15, 0.2) is 36.4 Å². The summed E-state index contributed by atoms with van der Waals surface area (Å²) in [5.41, 5.74) is 0.644. The quantitative estimate of drug-likeness (QED) is 0.817. The number of anilines is 1. The van der Waals surface area contributed by atoms with Crippen molar-refractivity contribution in [3.8, 4) is 5.75 Å². The smallest absolute Gasteiger partial charge is 0.224 e. The van der Waals surface area contributed by atoms with Gasteiger partial charge in [0.2, 0.25) is 5.91 Å². The van der Waals surface area contributed by atoms with E-state index in [1.165, 1.54) is 11.3 Å². The van der Waals surface area contributed by atoms with Crippen molar-refractivity contribution in [3.63, 3.8) is 0 Å². The lowest BCUT2D eigenvalue weighted by Crippen LogP contribution is -2.13. The molecule has 0 saturated carbocycles. The zero-order chi connectivity index (χ0) is 15.2. The first kappa shape index (κ1) is 15.5. The van der Waals surface area contributed by atoms with Crippen molar-refractivity contribution < 1.29 is 14.3 Å². The van der Waals surface area contributed by atoms with Crippen LogP contribution in [-0.2, 0) is 4.79 Å². The van der Waals surface area contributed by atoms with Gasteiger partial charge in [0, 0.05) is 24.6 Å². The van der Waals surface area contributed by atoms with E-state index < -0.39 is 0 Å². The number of rotatable bonds is 6. The van der Waals surface area contributed by atoms with Crippen LogP contribution in [0.3, 0.4) is 0 Å². The number of benzene rings is 1. The molecule has 110 valence electrons. The number of nitrogens with one attached hydrogen (secondary N) is 1. The first-order valence-corrected chi connectivity index (χ1v) is 7.50. The van der Waals surface area contributed by atoms with Gasteiger partial charge in [0.1, 0.15) is 5.75 Å². The molecule has 1 amide bonds. The van der Waals surface area contributed by atoms with Gasteiger partial charge in [-0.2, -0.15) is 0 Å². The van der Waals surface area contributed by atoms with Gasteiger partial charge in [-0.25, -0.2) is 0 Å². The number of hydrogen-bond donors (Lipinski definition) is 1. The zero-order valence-electron chi connectivity index (χ0n) is 11.4. The van der Waals surface area contributed by atoms with E-state index in [9.17, 15) is 9.59 Å². The monoisotopic (exact) mass is 323 g/mol. The highest BCUT2D eigenvalue weighted by molar-refractivity contribution is 7.18. The molecule has 2 aromatic rings. The third kappa shape index (κ3) is 4.58. The van der Waals surface area contributed by atoms with Crippen LogP contribution in [0.5, 0.6) is 5.75 Å². The van der Waals surface area contributed by atoms with Gasteiger partial charge in [0.05, 0.1) is 16.3 Å². The molecule has 1 N–H and O–H groups in total. The van der Waals surface area contributed by atoms with Gasteiger partial charge in [-0.05, 0) is 24.3 Å². The Hall–Kier alpha value is -1.85. The van der Waals surface area contributed by atoms with Crippen molar-refractivity contribution in [1.82, 2.24) is 0 Å². The van der Waals surface area contributed by atoms with Gasteiger partial charge >= 0.3 is 0 Å². The maximum Gasteiger partial charge on any atom is 0.224 e. The Morgan fingerprint density at radius 2 is 2.05 bits per heavy atom. The molecular weight excluding hydrogens is 310 g/mol. The number of carbonyl (C=O) groups is 2. The van der Waals surface area contributed by atoms with Gasteiger partial charge in [-0.15, -0.1) is 11.3 Å². The molecule has 4 nitrogen and oxygen atoms in total. The second-order valence-corrected chi connectivity index (χ2v) is 6.02. The Bertz CT molecular complexity index is 654. The van der Waals surface area contributed by atoms with Crippen molar-refractivity contribution in [2.24, 2.45) is 0 Å². The molecule has 0 spiro atoms. The molecule has 1 heterocycles. The number of ketones is 1. The summed E-state index contributed by atoms with van der Waals surface area (Å²) in [6, 6.07) is 10.4. The summed E-state index contributed by atoms with van der Waals surface area (Å²) in [6.07, 6.45) is 0.290. The fraction of sp³-hybridized carbons (Fsp3) is 0.200. The molecule has 2 rings (SSSR count).